The zero-order valence-corrected chi connectivity index (χ0v) is 29.6. The van der Waals surface area contributed by atoms with Crippen molar-refractivity contribution in [2.75, 3.05) is 0 Å². The average Bonchev–Trinajstić information content (AvgIpc) is 3.04. The van der Waals surface area contributed by atoms with Crippen LogP contribution in [-0.2, 0) is 16.4 Å². The van der Waals surface area contributed by atoms with Crippen molar-refractivity contribution in [2.45, 2.75) is 70.6 Å². The normalized spacial score (nSPS) is 15.2. The van der Waals surface area contributed by atoms with Crippen LogP contribution in [0.3, 0.4) is 0 Å². The molecule has 6 rings (SSSR count). The Morgan fingerprint density at radius 1 is 0.652 bits per heavy atom. The van der Waals surface area contributed by atoms with Gasteiger partial charge < -0.3 is 4.74 Å². The zero-order chi connectivity index (χ0) is 32.6. The summed E-state index contributed by atoms with van der Waals surface area (Å²) in [5.74, 6) is 2.08. The van der Waals surface area contributed by atoms with E-state index in [1.165, 1.54) is 27.0 Å². The van der Waals surface area contributed by atoms with Crippen molar-refractivity contribution in [3.63, 3.8) is 0 Å². The zero-order valence-electron chi connectivity index (χ0n) is 27.9. The molecule has 0 fully saturated rings. The van der Waals surface area contributed by atoms with Crippen molar-refractivity contribution in [3.05, 3.63) is 149 Å². The molecule has 0 radical (unpaired) electrons. The highest BCUT2D eigenvalue weighted by molar-refractivity contribution is 7.84. The van der Waals surface area contributed by atoms with Crippen molar-refractivity contribution < 1.29 is 8.95 Å². The summed E-state index contributed by atoms with van der Waals surface area (Å²) in [7, 11) is -2.21. The fourth-order valence-electron chi connectivity index (χ4n) is 6.40. The standard InChI is InChI=1S/C41H44NO2PS/c1-28(2)31-22-14-15-23-32(31)37(42-46(43)40(3,4)5)33-24-16-25-34-38(33)44-39-35(41(34,6)7)26-17-27-36(39)45(29-18-10-8-11-19-29)30-20-12-9-13-21-30/h8-28,37,42H,1-7H3/t37-,46+/m0/s1. The molecule has 0 spiro atoms. The van der Waals surface area contributed by atoms with E-state index in [4.69, 9.17) is 4.74 Å². The number of nitrogens with one attached hydrogen (secondary N) is 1. The van der Waals surface area contributed by atoms with Crippen molar-refractivity contribution in [1.82, 2.24) is 4.72 Å². The van der Waals surface area contributed by atoms with Crippen molar-refractivity contribution >= 4 is 34.8 Å². The number of ether oxygens (including phenoxy) is 1. The molecule has 0 bridgehead atoms. The lowest BCUT2D eigenvalue weighted by Crippen LogP contribution is -2.37. The minimum absolute atomic E-state index is 0.299. The molecule has 5 aromatic rings. The van der Waals surface area contributed by atoms with Gasteiger partial charge in [0.25, 0.3) is 0 Å². The van der Waals surface area contributed by atoms with E-state index in [1.807, 2.05) is 20.8 Å². The van der Waals surface area contributed by atoms with E-state index in [0.717, 1.165) is 28.2 Å². The highest BCUT2D eigenvalue weighted by Gasteiger charge is 2.40. The molecule has 0 unspecified atom stereocenters. The summed E-state index contributed by atoms with van der Waals surface area (Å²) in [6.45, 7) is 15.1. The Morgan fingerprint density at radius 2 is 1.15 bits per heavy atom. The molecule has 236 valence electrons. The molecule has 0 aromatic heterocycles. The summed E-state index contributed by atoms with van der Waals surface area (Å²) >= 11 is 0. The Kier molecular flexibility index (Phi) is 9.09. The molecule has 1 heterocycles. The maximum absolute atomic E-state index is 13.8. The first-order valence-electron chi connectivity index (χ1n) is 16.1. The summed E-state index contributed by atoms with van der Waals surface area (Å²) in [6.07, 6.45) is 0. The predicted octanol–water partition coefficient (Wildman–Crippen LogP) is 9.14. The summed E-state index contributed by atoms with van der Waals surface area (Å²) in [5, 5.41) is 3.76. The van der Waals surface area contributed by atoms with Gasteiger partial charge in [-0.2, -0.15) is 0 Å². The molecule has 1 aliphatic rings. The number of rotatable bonds is 8. The monoisotopic (exact) mass is 645 g/mol. The summed E-state index contributed by atoms with van der Waals surface area (Å²) in [4.78, 5) is 0. The van der Waals surface area contributed by atoms with E-state index in [2.05, 4.69) is 154 Å². The molecule has 5 aromatic carbocycles. The second-order valence-electron chi connectivity index (χ2n) is 13.8. The van der Waals surface area contributed by atoms with Crippen LogP contribution >= 0.6 is 7.92 Å². The van der Waals surface area contributed by atoms with E-state index in [9.17, 15) is 4.21 Å². The molecule has 5 heteroatoms. The van der Waals surface area contributed by atoms with E-state index >= 15 is 0 Å². The lowest BCUT2D eigenvalue weighted by molar-refractivity contribution is 0.413. The third-order valence-electron chi connectivity index (χ3n) is 8.88. The third-order valence-corrected chi connectivity index (χ3v) is 12.9. The number of hydrogen-bond acceptors (Lipinski definition) is 2. The molecule has 1 N–H and O–H groups in total. The number of hydrogen-bond donors (Lipinski definition) is 1. The fraction of sp³-hybridized carbons (Fsp3) is 0.268. The Hall–Kier alpha value is -3.56. The summed E-state index contributed by atoms with van der Waals surface area (Å²) in [6, 6.07) is 42.9. The predicted molar refractivity (Wildman–Crippen MR) is 197 cm³/mol. The smallest absolute Gasteiger partial charge is 0.139 e. The Morgan fingerprint density at radius 3 is 1.72 bits per heavy atom. The van der Waals surface area contributed by atoms with E-state index < -0.39 is 23.7 Å². The summed E-state index contributed by atoms with van der Waals surface area (Å²) in [5.41, 5.74) is 5.35. The van der Waals surface area contributed by atoms with Crippen LogP contribution in [-0.4, -0.2) is 8.96 Å². The second-order valence-corrected chi connectivity index (χ2v) is 18.0. The van der Waals surface area contributed by atoms with Gasteiger partial charge >= 0.3 is 0 Å². The maximum atomic E-state index is 13.8. The van der Waals surface area contributed by atoms with Crippen LogP contribution < -0.4 is 25.4 Å². The van der Waals surface area contributed by atoms with Gasteiger partial charge in [0.2, 0.25) is 0 Å². The summed E-state index contributed by atoms with van der Waals surface area (Å²) < 4.78 is 24.2. The van der Waals surface area contributed by atoms with Gasteiger partial charge in [0.1, 0.15) is 11.5 Å². The Labute approximate surface area is 278 Å². The van der Waals surface area contributed by atoms with Crippen LogP contribution in [0.1, 0.15) is 88.2 Å². The maximum Gasteiger partial charge on any atom is 0.139 e. The van der Waals surface area contributed by atoms with Crippen LogP contribution in [0.5, 0.6) is 11.5 Å². The van der Waals surface area contributed by atoms with Gasteiger partial charge in [0.05, 0.1) is 21.8 Å². The van der Waals surface area contributed by atoms with Crippen LogP contribution in [0.15, 0.2) is 121 Å². The lowest BCUT2D eigenvalue weighted by atomic mass is 9.74. The van der Waals surface area contributed by atoms with Gasteiger partial charge in [0, 0.05) is 27.4 Å². The fourth-order valence-corrected chi connectivity index (χ4v) is 9.62. The first kappa shape index (κ1) is 32.4. The molecule has 3 nitrogen and oxygen atoms in total. The van der Waals surface area contributed by atoms with Crippen LogP contribution in [0, 0.1) is 0 Å². The SMILES string of the molecule is CC(C)c1ccccc1[C@H](N[S@](=O)C(C)(C)C)c1cccc2c1Oc1c(P(c3ccccc3)c3ccccc3)cccc1C2(C)C. The van der Waals surface area contributed by atoms with Gasteiger partial charge in [-0.25, -0.2) is 8.93 Å². The highest BCUT2D eigenvalue weighted by atomic mass is 32.2. The largest absolute Gasteiger partial charge is 0.456 e. The number of fused-ring (bicyclic) bond motifs is 2. The van der Waals surface area contributed by atoms with Crippen molar-refractivity contribution in [1.29, 1.82) is 0 Å². The quantitative estimate of drug-likeness (QED) is 0.171. The molecule has 0 amide bonds. The molecule has 2 atom stereocenters. The Balaban J connectivity index is 1.57. The second kappa shape index (κ2) is 12.9. The average molecular weight is 646 g/mol. The molecule has 0 saturated heterocycles. The number of benzene rings is 5. The Bertz CT molecular complexity index is 1820. The van der Waals surface area contributed by atoms with Gasteiger partial charge in [-0.15, -0.1) is 0 Å². The van der Waals surface area contributed by atoms with Crippen LogP contribution in [0.4, 0.5) is 0 Å². The van der Waals surface area contributed by atoms with Crippen LogP contribution in [0.25, 0.3) is 0 Å². The molecule has 46 heavy (non-hydrogen) atoms. The molecular formula is C41H44NO2PS. The molecule has 1 aliphatic heterocycles. The van der Waals surface area contributed by atoms with E-state index in [0.29, 0.717) is 5.92 Å². The van der Waals surface area contributed by atoms with E-state index in [-0.39, 0.29) is 11.5 Å². The minimum Gasteiger partial charge on any atom is -0.456 e. The number of para-hydroxylation sites is 2. The van der Waals surface area contributed by atoms with Gasteiger partial charge in [-0.3, -0.25) is 0 Å². The van der Waals surface area contributed by atoms with Gasteiger partial charge in [0.15, 0.2) is 0 Å². The van der Waals surface area contributed by atoms with Crippen molar-refractivity contribution in [2.24, 2.45) is 0 Å². The van der Waals surface area contributed by atoms with Gasteiger partial charge in [-0.05, 0) is 56.3 Å². The molecular weight excluding hydrogens is 601 g/mol. The first-order chi connectivity index (χ1) is 22.0. The van der Waals surface area contributed by atoms with E-state index in [1.54, 1.807) is 0 Å². The minimum atomic E-state index is -1.32. The van der Waals surface area contributed by atoms with Gasteiger partial charge in [-0.1, -0.05) is 149 Å². The highest BCUT2D eigenvalue weighted by Crippen LogP contribution is 2.53. The topological polar surface area (TPSA) is 38.3 Å². The molecule has 0 aliphatic carbocycles. The first-order valence-corrected chi connectivity index (χ1v) is 18.6. The van der Waals surface area contributed by atoms with Crippen molar-refractivity contribution in [3.8, 4) is 11.5 Å². The van der Waals surface area contributed by atoms with Crippen LogP contribution in [0.2, 0.25) is 0 Å². The third kappa shape index (κ3) is 6.11. The molecule has 0 saturated carbocycles. The lowest BCUT2D eigenvalue weighted by Gasteiger charge is -2.39.